The van der Waals surface area contributed by atoms with Gasteiger partial charge in [0.15, 0.2) is 11.3 Å². The summed E-state index contributed by atoms with van der Waals surface area (Å²) in [4.78, 5) is 3.36. The van der Waals surface area contributed by atoms with Crippen molar-refractivity contribution in [3.8, 4) is 11.1 Å². The van der Waals surface area contributed by atoms with E-state index in [1.165, 1.54) is 0 Å². The maximum atomic E-state index is 13.1. The summed E-state index contributed by atoms with van der Waals surface area (Å²) >= 11 is 6.44. The molecule has 1 aromatic carbocycles. The lowest BCUT2D eigenvalue weighted by Gasteiger charge is -2.07. The van der Waals surface area contributed by atoms with Gasteiger partial charge in [0.05, 0.1) is 11.6 Å². The van der Waals surface area contributed by atoms with Gasteiger partial charge < -0.3 is 0 Å². The van der Waals surface area contributed by atoms with Crippen molar-refractivity contribution in [2.75, 3.05) is 0 Å². The minimum absolute atomic E-state index is 0.0961. The number of hydrogen-bond donors (Lipinski definition) is 0. The normalized spacial score (nSPS) is 18.5. The van der Waals surface area contributed by atoms with Crippen molar-refractivity contribution in [3.63, 3.8) is 0 Å². The molecule has 4 rings (SSSR count). The maximum absolute atomic E-state index is 13.1. The van der Waals surface area contributed by atoms with Gasteiger partial charge in [-0.3, -0.25) is 4.40 Å². The Balaban J connectivity index is 1.72. The fourth-order valence-corrected chi connectivity index (χ4v) is 3.06. The van der Waals surface area contributed by atoms with Gasteiger partial charge in [-0.2, -0.15) is 0 Å². The highest BCUT2D eigenvalue weighted by molar-refractivity contribution is 6.36. The van der Waals surface area contributed by atoms with Crippen molar-refractivity contribution >= 4 is 22.9 Å². The molecule has 0 N–H and O–H groups in total. The molecular weight excluding hydrogens is 334 g/mol. The van der Waals surface area contributed by atoms with Gasteiger partial charge in [0.2, 0.25) is 0 Å². The highest BCUT2D eigenvalue weighted by Crippen LogP contribution is 2.50. The van der Waals surface area contributed by atoms with Crippen LogP contribution in [0.2, 0.25) is 5.02 Å². The van der Waals surface area contributed by atoms with Crippen LogP contribution in [0.25, 0.3) is 21.6 Å². The molecule has 0 radical (unpaired) electrons. The van der Waals surface area contributed by atoms with E-state index in [2.05, 4.69) is 15.0 Å². The fourth-order valence-electron chi connectivity index (χ4n) is 2.76. The van der Waals surface area contributed by atoms with Crippen molar-refractivity contribution in [1.82, 2.24) is 14.6 Å². The zero-order valence-electron chi connectivity index (χ0n) is 12.4. The minimum atomic E-state index is -2.58. The standard InChI is InChI=1S/C17H11ClF2N4/c1-21-12-4-2-10(3-5-12)13-6-7-24-14(8-11-9-17(11,19)20)22-23-16(24)15(13)18/h2-7,11H,8-9H2. The Morgan fingerprint density at radius 1 is 1.25 bits per heavy atom. The van der Waals surface area contributed by atoms with E-state index in [1.54, 1.807) is 28.8 Å². The zero-order valence-corrected chi connectivity index (χ0v) is 13.1. The first-order valence-electron chi connectivity index (χ1n) is 7.37. The average Bonchev–Trinajstić information content (AvgIpc) is 2.98. The van der Waals surface area contributed by atoms with Crippen molar-refractivity contribution in [2.45, 2.75) is 18.8 Å². The first kappa shape index (κ1) is 15.0. The summed E-state index contributed by atoms with van der Waals surface area (Å²) in [5.41, 5.74) is 2.61. The van der Waals surface area contributed by atoms with E-state index in [1.807, 2.05) is 12.1 Å². The van der Waals surface area contributed by atoms with Crippen LogP contribution in [0, 0.1) is 12.5 Å². The van der Waals surface area contributed by atoms with Gasteiger partial charge in [-0.05, 0) is 11.6 Å². The van der Waals surface area contributed by atoms with E-state index in [-0.39, 0.29) is 12.8 Å². The molecule has 1 fully saturated rings. The van der Waals surface area contributed by atoms with Gasteiger partial charge in [0.25, 0.3) is 5.92 Å². The van der Waals surface area contributed by atoms with Crippen LogP contribution in [0.5, 0.6) is 0 Å². The average molecular weight is 345 g/mol. The molecule has 0 spiro atoms. The van der Waals surface area contributed by atoms with Gasteiger partial charge in [-0.15, -0.1) is 10.2 Å². The van der Waals surface area contributed by atoms with Crippen molar-refractivity contribution in [1.29, 1.82) is 0 Å². The summed E-state index contributed by atoms with van der Waals surface area (Å²) < 4.78 is 27.9. The molecule has 24 heavy (non-hydrogen) atoms. The second-order valence-electron chi connectivity index (χ2n) is 5.88. The molecule has 1 aliphatic rings. The van der Waals surface area contributed by atoms with E-state index in [0.29, 0.717) is 22.2 Å². The summed E-state index contributed by atoms with van der Waals surface area (Å²) in [7, 11) is 0. The van der Waals surface area contributed by atoms with E-state index >= 15 is 0 Å². The number of rotatable bonds is 3. The lowest BCUT2D eigenvalue weighted by Crippen LogP contribution is -2.02. The SMILES string of the molecule is [C-]#[N+]c1ccc(-c2ccn3c(CC4CC4(F)F)nnc3c2Cl)cc1. The molecule has 3 aromatic rings. The van der Waals surface area contributed by atoms with Gasteiger partial charge in [0, 0.05) is 30.5 Å². The Morgan fingerprint density at radius 2 is 1.96 bits per heavy atom. The quantitative estimate of drug-likeness (QED) is 0.640. The highest BCUT2D eigenvalue weighted by atomic mass is 35.5. The number of hydrogen-bond acceptors (Lipinski definition) is 2. The molecule has 2 aromatic heterocycles. The molecule has 7 heteroatoms. The Hall–Kier alpha value is -2.52. The van der Waals surface area contributed by atoms with Crippen LogP contribution in [0.4, 0.5) is 14.5 Å². The van der Waals surface area contributed by atoms with Gasteiger partial charge in [-0.25, -0.2) is 13.6 Å². The fraction of sp³-hybridized carbons (Fsp3) is 0.235. The van der Waals surface area contributed by atoms with E-state index in [0.717, 1.165) is 11.1 Å². The Kier molecular flexibility index (Phi) is 3.29. The zero-order chi connectivity index (χ0) is 16.9. The molecular formula is C17H11ClF2N4. The van der Waals surface area contributed by atoms with Crippen LogP contribution in [0.3, 0.4) is 0 Å². The maximum Gasteiger partial charge on any atom is 0.252 e. The number of pyridine rings is 1. The monoisotopic (exact) mass is 344 g/mol. The number of halogens is 3. The van der Waals surface area contributed by atoms with Crippen molar-refractivity contribution < 1.29 is 8.78 Å². The third kappa shape index (κ3) is 2.42. The van der Waals surface area contributed by atoms with Crippen molar-refractivity contribution in [3.05, 3.63) is 58.8 Å². The first-order valence-corrected chi connectivity index (χ1v) is 7.75. The van der Waals surface area contributed by atoms with Crippen LogP contribution in [-0.4, -0.2) is 20.5 Å². The smallest absolute Gasteiger partial charge is 0.252 e. The molecule has 4 nitrogen and oxygen atoms in total. The molecule has 1 aliphatic carbocycles. The van der Waals surface area contributed by atoms with Gasteiger partial charge in [0.1, 0.15) is 5.82 Å². The Bertz CT molecular complexity index is 973. The predicted molar refractivity (Wildman–Crippen MR) is 86.5 cm³/mol. The third-order valence-electron chi connectivity index (χ3n) is 4.28. The van der Waals surface area contributed by atoms with Crippen LogP contribution < -0.4 is 0 Å². The first-order chi connectivity index (χ1) is 11.5. The molecule has 1 saturated carbocycles. The number of nitrogens with zero attached hydrogens (tertiary/aromatic N) is 4. The Morgan fingerprint density at radius 3 is 2.58 bits per heavy atom. The molecule has 120 valence electrons. The predicted octanol–water partition coefficient (Wildman–Crippen LogP) is 4.80. The van der Waals surface area contributed by atoms with Crippen LogP contribution in [0.15, 0.2) is 36.5 Å². The van der Waals surface area contributed by atoms with Crippen LogP contribution in [-0.2, 0) is 6.42 Å². The molecule has 2 heterocycles. The lowest BCUT2D eigenvalue weighted by atomic mass is 10.1. The summed E-state index contributed by atoms with van der Waals surface area (Å²) in [6, 6.07) is 8.86. The van der Waals surface area contributed by atoms with E-state index in [4.69, 9.17) is 18.2 Å². The van der Waals surface area contributed by atoms with Gasteiger partial charge in [-0.1, -0.05) is 35.9 Å². The summed E-state index contributed by atoms with van der Waals surface area (Å²) in [5.74, 6) is -2.76. The topological polar surface area (TPSA) is 34.5 Å². The van der Waals surface area contributed by atoms with Gasteiger partial charge >= 0.3 is 0 Å². The highest BCUT2D eigenvalue weighted by Gasteiger charge is 2.56. The lowest BCUT2D eigenvalue weighted by molar-refractivity contribution is 0.0984. The van der Waals surface area contributed by atoms with Crippen molar-refractivity contribution in [2.24, 2.45) is 5.92 Å². The summed E-state index contributed by atoms with van der Waals surface area (Å²) in [6.45, 7) is 6.98. The number of alkyl halides is 2. The van der Waals surface area contributed by atoms with Crippen LogP contribution >= 0.6 is 11.6 Å². The molecule has 1 atom stereocenters. The Labute approximate surface area is 141 Å². The number of fused-ring (bicyclic) bond motifs is 1. The largest absolute Gasteiger partial charge is 0.285 e. The molecule has 0 saturated heterocycles. The number of aromatic nitrogens is 3. The summed E-state index contributed by atoms with van der Waals surface area (Å²) in [6.07, 6.45) is 1.83. The van der Waals surface area contributed by atoms with Crippen LogP contribution in [0.1, 0.15) is 12.2 Å². The molecule has 0 amide bonds. The van der Waals surface area contributed by atoms with E-state index < -0.39 is 11.8 Å². The molecule has 1 unspecified atom stereocenters. The minimum Gasteiger partial charge on any atom is -0.285 e. The number of benzene rings is 1. The van der Waals surface area contributed by atoms with E-state index in [9.17, 15) is 8.78 Å². The third-order valence-corrected chi connectivity index (χ3v) is 4.65. The second kappa shape index (κ2) is 5.25. The second-order valence-corrected chi connectivity index (χ2v) is 6.26. The molecule has 0 bridgehead atoms. The molecule has 0 aliphatic heterocycles. The summed E-state index contributed by atoms with van der Waals surface area (Å²) in [5, 5.41) is 8.49.